The summed E-state index contributed by atoms with van der Waals surface area (Å²) in [5, 5.41) is 22.1. The summed E-state index contributed by atoms with van der Waals surface area (Å²) >= 11 is 0. The maximum Gasteiger partial charge on any atom is 2.00 e. The Morgan fingerprint density at radius 2 is 0.743 bits per heavy atom. The molecule has 0 fully saturated rings. The minimum atomic E-state index is -1.25. The zero-order valence-corrected chi connectivity index (χ0v) is 19.4. The molecule has 4 aromatic carbocycles. The third kappa shape index (κ3) is 8.66. The minimum absolute atomic E-state index is 0. The fraction of sp³-hybridized carbons (Fsp3) is 0.0714. The first kappa shape index (κ1) is 27.2. The van der Waals surface area contributed by atoms with Crippen LogP contribution < -0.4 is 19.7 Å². The van der Waals surface area contributed by atoms with E-state index >= 15 is 0 Å². The molecule has 4 aromatic rings. The Bertz CT molecular complexity index is 1060. The molecule has 1 radical (unpaired) electrons. The molecule has 0 spiro atoms. The van der Waals surface area contributed by atoms with Gasteiger partial charge in [0, 0.05) is 0 Å². The van der Waals surface area contributed by atoms with E-state index in [2.05, 4.69) is 0 Å². The van der Waals surface area contributed by atoms with E-state index in [4.69, 9.17) is 9.47 Å². The standard InChI is InChI=1S/2C14H12O3.Cu/c2*15-14(16)13(11-7-3-1-4-8-11)17-12-9-5-2-6-10-12;/h2*1-10,13H,(H,15,16);/q;;+2/p-2. The zero-order valence-electron chi connectivity index (χ0n) is 18.5. The molecule has 7 heteroatoms. The summed E-state index contributed by atoms with van der Waals surface area (Å²) in [6.45, 7) is 0. The van der Waals surface area contributed by atoms with Gasteiger partial charge in [0.2, 0.25) is 0 Å². The summed E-state index contributed by atoms with van der Waals surface area (Å²) in [5.74, 6) is -1.49. The molecule has 6 nitrogen and oxygen atoms in total. The van der Waals surface area contributed by atoms with Crippen LogP contribution in [0.2, 0.25) is 0 Å². The number of hydrogen-bond donors (Lipinski definition) is 0. The van der Waals surface area contributed by atoms with Crippen LogP contribution in [0.4, 0.5) is 0 Å². The fourth-order valence-electron chi connectivity index (χ4n) is 3.03. The van der Waals surface area contributed by atoms with Gasteiger partial charge in [-0.25, -0.2) is 0 Å². The number of para-hydroxylation sites is 2. The van der Waals surface area contributed by atoms with Gasteiger partial charge in [-0.15, -0.1) is 0 Å². The van der Waals surface area contributed by atoms with Crippen LogP contribution in [0.3, 0.4) is 0 Å². The van der Waals surface area contributed by atoms with Gasteiger partial charge in [0.05, 0.1) is 11.9 Å². The topological polar surface area (TPSA) is 98.7 Å². The molecule has 0 aliphatic heterocycles. The average molecular weight is 518 g/mol. The van der Waals surface area contributed by atoms with Crippen molar-refractivity contribution in [1.29, 1.82) is 0 Å². The molecule has 0 aromatic heterocycles. The molecule has 0 saturated carbocycles. The Morgan fingerprint density at radius 1 is 0.486 bits per heavy atom. The zero-order chi connectivity index (χ0) is 24.2. The number of rotatable bonds is 8. The van der Waals surface area contributed by atoms with Gasteiger partial charge in [0.15, 0.2) is 12.2 Å². The Hall–Kier alpha value is -4.06. The molecule has 0 aliphatic rings. The second kappa shape index (κ2) is 14.3. The van der Waals surface area contributed by atoms with Gasteiger partial charge in [-0.3, -0.25) is 0 Å². The van der Waals surface area contributed by atoms with Gasteiger partial charge in [-0.2, -0.15) is 0 Å². The van der Waals surface area contributed by atoms with Crippen molar-refractivity contribution >= 4 is 11.9 Å². The molecule has 0 amide bonds. The molecule has 0 saturated heterocycles. The van der Waals surface area contributed by atoms with Crippen molar-refractivity contribution in [1.82, 2.24) is 0 Å². The molecule has 35 heavy (non-hydrogen) atoms. The minimum Gasteiger partial charge on any atom is -0.546 e. The van der Waals surface area contributed by atoms with Crippen molar-refractivity contribution < 1.29 is 46.3 Å². The summed E-state index contributed by atoms with van der Waals surface area (Å²) in [4.78, 5) is 22.1. The van der Waals surface area contributed by atoms with E-state index in [1.54, 1.807) is 97.1 Å². The van der Waals surface area contributed by atoms with Gasteiger partial charge in [0.1, 0.15) is 11.5 Å². The molecule has 2 unspecified atom stereocenters. The molecular weight excluding hydrogens is 496 g/mol. The second-order valence-corrected chi connectivity index (χ2v) is 7.08. The number of carbonyl (C=O) groups excluding carboxylic acids is 2. The molecule has 4 rings (SSSR count). The molecule has 0 aliphatic carbocycles. The third-order valence-electron chi connectivity index (χ3n) is 4.63. The Morgan fingerprint density at radius 3 is 1.00 bits per heavy atom. The molecule has 2 atom stereocenters. The van der Waals surface area contributed by atoms with Crippen LogP contribution in [0.15, 0.2) is 121 Å². The largest absolute Gasteiger partial charge is 2.00 e. The van der Waals surface area contributed by atoms with Crippen LogP contribution >= 0.6 is 0 Å². The average Bonchev–Trinajstić information content (AvgIpc) is 2.88. The summed E-state index contributed by atoms with van der Waals surface area (Å²) in [6.07, 6.45) is -2.17. The Balaban J connectivity index is 0.000000240. The first-order valence-electron chi connectivity index (χ1n) is 10.5. The molecule has 0 bridgehead atoms. The van der Waals surface area contributed by atoms with Gasteiger partial charge < -0.3 is 29.3 Å². The van der Waals surface area contributed by atoms with E-state index in [0.717, 1.165) is 0 Å². The van der Waals surface area contributed by atoms with Crippen LogP contribution in [0.1, 0.15) is 23.3 Å². The summed E-state index contributed by atoms with van der Waals surface area (Å²) < 4.78 is 10.8. The molecule has 0 N–H and O–H groups in total. The van der Waals surface area contributed by atoms with Crippen molar-refractivity contribution in [2.24, 2.45) is 0 Å². The first-order chi connectivity index (χ1) is 16.5. The Kier molecular flexibility index (Phi) is 11.1. The van der Waals surface area contributed by atoms with Crippen LogP contribution in [-0.4, -0.2) is 11.9 Å². The van der Waals surface area contributed by atoms with Crippen LogP contribution in [0.5, 0.6) is 11.5 Å². The third-order valence-corrected chi connectivity index (χ3v) is 4.63. The van der Waals surface area contributed by atoms with Crippen molar-refractivity contribution in [3.63, 3.8) is 0 Å². The number of carboxylic acids is 2. The molecule has 181 valence electrons. The number of carbonyl (C=O) groups is 2. The molecule has 0 heterocycles. The normalized spacial score (nSPS) is 11.4. The monoisotopic (exact) mass is 517 g/mol. The fourth-order valence-corrected chi connectivity index (χ4v) is 3.03. The van der Waals surface area contributed by atoms with E-state index in [9.17, 15) is 19.8 Å². The summed E-state index contributed by atoms with van der Waals surface area (Å²) in [6, 6.07) is 35.1. The van der Waals surface area contributed by atoms with Crippen molar-refractivity contribution in [3.05, 3.63) is 132 Å². The van der Waals surface area contributed by atoms with E-state index in [0.29, 0.717) is 22.6 Å². The van der Waals surface area contributed by atoms with Crippen LogP contribution in [0.25, 0.3) is 0 Å². The van der Waals surface area contributed by atoms with Crippen molar-refractivity contribution in [2.45, 2.75) is 12.2 Å². The second-order valence-electron chi connectivity index (χ2n) is 7.08. The van der Waals surface area contributed by atoms with Gasteiger partial charge >= 0.3 is 17.1 Å². The maximum absolute atomic E-state index is 11.1. The number of carboxylic acid groups (broad SMARTS) is 2. The van der Waals surface area contributed by atoms with Crippen LogP contribution in [-0.2, 0) is 26.7 Å². The van der Waals surface area contributed by atoms with E-state index < -0.39 is 24.1 Å². The van der Waals surface area contributed by atoms with Gasteiger partial charge in [-0.05, 0) is 35.4 Å². The van der Waals surface area contributed by atoms with E-state index in [1.807, 2.05) is 24.3 Å². The van der Waals surface area contributed by atoms with Crippen molar-refractivity contribution in [3.8, 4) is 11.5 Å². The Labute approximate surface area is 214 Å². The predicted octanol–water partition coefficient (Wildman–Crippen LogP) is 3.11. The number of benzene rings is 4. The van der Waals surface area contributed by atoms with E-state index in [-0.39, 0.29) is 17.1 Å². The number of ether oxygens (including phenoxy) is 2. The SMILES string of the molecule is O=C([O-])C(Oc1ccccc1)c1ccccc1.O=C([O-])C(Oc1ccccc1)c1ccccc1.[Cu+2]. The van der Waals surface area contributed by atoms with Crippen LogP contribution in [0, 0.1) is 0 Å². The number of aliphatic carboxylic acids is 2. The van der Waals surface area contributed by atoms with E-state index in [1.165, 1.54) is 0 Å². The smallest absolute Gasteiger partial charge is 0.546 e. The predicted molar refractivity (Wildman–Crippen MR) is 123 cm³/mol. The number of hydrogen-bond acceptors (Lipinski definition) is 6. The quantitative estimate of drug-likeness (QED) is 0.333. The van der Waals surface area contributed by atoms with Gasteiger partial charge in [-0.1, -0.05) is 97.1 Å². The first-order valence-corrected chi connectivity index (χ1v) is 10.5. The summed E-state index contributed by atoms with van der Waals surface area (Å²) in [7, 11) is 0. The maximum atomic E-state index is 11.1. The molecular formula is C28H22CuO6. The summed E-state index contributed by atoms with van der Waals surface area (Å²) in [5.41, 5.74) is 1.13. The van der Waals surface area contributed by atoms with Crippen molar-refractivity contribution in [2.75, 3.05) is 0 Å². The van der Waals surface area contributed by atoms with Gasteiger partial charge in [0.25, 0.3) is 0 Å².